The molecule has 0 heterocycles. The van der Waals surface area contributed by atoms with E-state index in [9.17, 15) is 4.39 Å². The molecule has 0 aliphatic carbocycles. The van der Waals surface area contributed by atoms with Gasteiger partial charge in [-0.3, -0.25) is 0 Å². The molecule has 21 heavy (non-hydrogen) atoms. The Hall–Kier alpha value is -2.46. The molecule has 0 aliphatic rings. The van der Waals surface area contributed by atoms with Gasteiger partial charge in [-0.2, -0.15) is 0 Å². The van der Waals surface area contributed by atoms with E-state index in [2.05, 4.69) is 5.32 Å². The lowest BCUT2D eigenvalue weighted by Crippen LogP contribution is -2.10. The first-order valence-electron chi connectivity index (χ1n) is 6.49. The summed E-state index contributed by atoms with van der Waals surface area (Å²) in [6.45, 7) is 0. The maximum atomic E-state index is 13.0. The molecule has 0 radical (unpaired) electrons. The summed E-state index contributed by atoms with van der Waals surface area (Å²) >= 11 is 5.09. The molecule has 0 bridgehead atoms. The van der Waals surface area contributed by atoms with Crippen LogP contribution in [0.1, 0.15) is 5.56 Å². The molecule has 0 unspecified atom stereocenters. The van der Waals surface area contributed by atoms with Crippen LogP contribution in [0.4, 0.5) is 15.8 Å². The minimum Gasteiger partial charge on any atom is -0.389 e. The van der Waals surface area contributed by atoms with Crippen molar-refractivity contribution in [2.75, 3.05) is 5.32 Å². The summed E-state index contributed by atoms with van der Waals surface area (Å²) in [6, 6.07) is 18.0. The zero-order chi connectivity index (χ0) is 14.8. The predicted octanol–water partition coefficient (Wildman–Crippen LogP) is 4.36. The number of hydrogen-bond acceptors (Lipinski definition) is 2. The Bertz CT molecular complexity index is 813. The van der Waals surface area contributed by atoms with Crippen molar-refractivity contribution in [1.29, 1.82) is 0 Å². The molecular formula is C17H13FN2S. The number of thiocarbonyl (C=S) groups is 1. The van der Waals surface area contributed by atoms with Crippen LogP contribution in [0, 0.1) is 5.82 Å². The molecule has 0 saturated carbocycles. The number of halogens is 1. The molecule has 3 N–H and O–H groups in total. The van der Waals surface area contributed by atoms with Crippen molar-refractivity contribution < 1.29 is 4.39 Å². The first-order chi connectivity index (χ1) is 10.1. The average molecular weight is 296 g/mol. The molecule has 3 aromatic carbocycles. The third-order valence-electron chi connectivity index (χ3n) is 3.31. The van der Waals surface area contributed by atoms with Gasteiger partial charge >= 0.3 is 0 Å². The fourth-order valence-corrected chi connectivity index (χ4v) is 2.49. The van der Waals surface area contributed by atoms with E-state index >= 15 is 0 Å². The molecule has 0 aliphatic heterocycles. The Kier molecular flexibility index (Phi) is 3.54. The van der Waals surface area contributed by atoms with Crippen LogP contribution in [0.3, 0.4) is 0 Å². The summed E-state index contributed by atoms with van der Waals surface area (Å²) < 4.78 is 13.0. The van der Waals surface area contributed by atoms with E-state index < -0.39 is 0 Å². The van der Waals surface area contributed by atoms with E-state index in [4.69, 9.17) is 18.0 Å². The number of rotatable bonds is 3. The maximum absolute atomic E-state index is 13.0. The van der Waals surface area contributed by atoms with E-state index in [1.165, 1.54) is 12.1 Å². The van der Waals surface area contributed by atoms with Crippen molar-refractivity contribution in [3.63, 3.8) is 0 Å². The second-order valence-electron chi connectivity index (χ2n) is 4.70. The second-order valence-corrected chi connectivity index (χ2v) is 5.14. The van der Waals surface area contributed by atoms with Crippen molar-refractivity contribution in [2.24, 2.45) is 5.73 Å². The van der Waals surface area contributed by atoms with Gasteiger partial charge in [0, 0.05) is 22.3 Å². The van der Waals surface area contributed by atoms with Gasteiger partial charge in [0.1, 0.15) is 10.8 Å². The van der Waals surface area contributed by atoms with Gasteiger partial charge in [-0.05, 0) is 41.8 Å². The standard InChI is InChI=1S/C17H13FN2S/c18-11-5-7-12(8-6-11)20-16-10-9-15(17(19)21)13-3-1-2-4-14(13)16/h1-10,20H,(H2,19,21). The summed E-state index contributed by atoms with van der Waals surface area (Å²) in [5, 5.41) is 5.31. The maximum Gasteiger partial charge on any atom is 0.123 e. The van der Waals surface area contributed by atoms with E-state index in [1.54, 1.807) is 12.1 Å². The van der Waals surface area contributed by atoms with E-state index in [0.717, 1.165) is 27.7 Å². The smallest absolute Gasteiger partial charge is 0.123 e. The molecule has 4 heteroatoms. The molecule has 2 nitrogen and oxygen atoms in total. The largest absolute Gasteiger partial charge is 0.389 e. The van der Waals surface area contributed by atoms with Crippen LogP contribution in [-0.2, 0) is 0 Å². The SMILES string of the molecule is NC(=S)c1ccc(Nc2ccc(F)cc2)c2ccccc12. The molecule has 3 aromatic rings. The van der Waals surface area contributed by atoms with Gasteiger partial charge in [0.2, 0.25) is 0 Å². The van der Waals surface area contributed by atoms with Gasteiger partial charge < -0.3 is 11.1 Å². The zero-order valence-corrected chi connectivity index (χ0v) is 12.0. The highest BCUT2D eigenvalue weighted by molar-refractivity contribution is 7.80. The van der Waals surface area contributed by atoms with Crippen LogP contribution >= 0.6 is 12.2 Å². The number of nitrogens with one attached hydrogen (secondary N) is 1. The average Bonchev–Trinajstić information content (AvgIpc) is 2.49. The van der Waals surface area contributed by atoms with Crippen molar-refractivity contribution >= 4 is 39.4 Å². The van der Waals surface area contributed by atoms with Crippen LogP contribution in [0.25, 0.3) is 10.8 Å². The van der Waals surface area contributed by atoms with E-state index in [-0.39, 0.29) is 5.82 Å². The highest BCUT2D eigenvalue weighted by Crippen LogP contribution is 2.29. The Morgan fingerprint density at radius 1 is 0.905 bits per heavy atom. The summed E-state index contributed by atoms with van der Waals surface area (Å²) in [7, 11) is 0. The highest BCUT2D eigenvalue weighted by Gasteiger charge is 2.07. The van der Waals surface area contributed by atoms with Gasteiger partial charge in [0.15, 0.2) is 0 Å². The molecule has 0 spiro atoms. The summed E-state index contributed by atoms with van der Waals surface area (Å²) in [5.74, 6) is -0.255. The van der Waals surface area contributed by atoms with Gasteiger partial charge in [0.25, 0.3) is 0 Å². The number of benzene rings is 3. The van der Waals surface area contributed by atoms with Gasteiger partial charge in [-0.25, -0.2) is 4.39 Å². The lowest BCUT2D eigenvalue weighted by molar-refractivity contribution is 0.628. The molecule has 0 amide bonds. The summed E-state index contributed by atoms with van der Waals surface area (Å²) in [4.78, 5) is 0.375. The number of hydrogen-bond donors (Lipinski definition) is 2. The molecular weight excluding hydrogens is 283 g/mol. The Morgan fingerprint density at radius 2 is 1.57 bits per heavy atom. The second kappa shape index (κ2) is 5.50. The minimum absolute atomic E-state index is 0.255. The van der Waals surface area contributed by atoms with Crippen LogP contribution < -0.4 is 11.1 Å². The number of fused-ring (bicyclic) bond motifs is 1. The normalized spacial score (nSPS) is 10.5. The molecule has 0 saturated heterocycles. The first kappa shape index (κ1) is 13.5. The van der Waals surface area contributed by atoms with Gasteiger partial charge in [0.05, 0.1) is 0 Å². The van der Waals surface area contributed by atoms with Crippen LogP contribution in [0.5, 0.6) is 0 Å². The van der Waals surface area contributed by atoms with Crippen molar-refractivity contribution in [1.82, 2.24) is 0 Å². The summed E-state index contributed by atoms with van der Waals surface area (Å²) in [6.07, 6.45) is 0. The van der Waals surface area contributed by atoms with Gasteiger partial charge in [-0.15, -0.1) is 0 Å². The first-order valence-corrected chi connectivity index (χ1v) is 6.90. The predicted molar refractivity (Wildman–Crippen MR) is 89.5 cm³/mol. The van der Waals surface area contributed by atoms with Crippen LogP contribution in [0.2, 0.25) is 0 Å². The van der Waals surface area contributed by atoms with Crippen LogP contribution in [-0.4, -0.2) is 4.99 Å². The lowest BCUT2D eigenvalue weighted by atomic mass is 10.0. The molecule has 3 rings (SSSR count). The summed E-state index contributed by atoms with van der Waals surface area (Å²) in [5.41, 5.74) is 8.37. The zero-order valence-electron chi connectivity index (χ0n) is 11.1. The highest BCUT2D eigenvalue weighted by atomic mass is 32.1. The van der Waals surface area contributed by atoms with Crippen molar-refractivity contribution in [2.45, 2.75) is 0 Å². The Labute approximate surface area is 127 Å². The molecule has 0 aromatic heterocycles. The quantitative estimate of drug-likeness (QED) is 0.705. The third-order valence-corrected chi connectivity index (χ3v) is 3.53. The number of anilines is 2. The van der Waals surface area contributed by atoms with Crippen LogP contribution in [0.15, 0.2) is 60.7 Å². The molecule has 0 fully saturated rings. The Morgan fingerprint density at radius 3 is 2.24 bits per heavy atom. The molecule has 104 valence electrons. The molecule has 0 atom stereocenters. The van der Waals surface area contributed by atoms with Gasteiger partial charge in [-0.1, -0.05) is 36.5 Å². The monoisotopic (exact) mass is 296 g/mol. The van der Waals surface area contributed by atoms with E-state index in [1.807, 2.05) is 36.4 Å². The minimum atomic E-state index is -0.255. The fraction of sp³-hybridized carbons (Fsp3) is 0. The lowest BCUT2D eigenvalue weighted by Gasteiger charge is -2.12. The Balaban J connectivity index is 2.09. The van der Waals surface area contributed by atoms with Crippen molar-refractivity contribution in [3.05, 3.63) is 72.0 Å². The third kappa shape index (κ3) is 2.71. The fourth-order valence-electron chi connectivity index (χ4n) is 2.31. The number of nitrogens with two attached hydrogens (primary N) is 1. The van der Waals surface area contributed by atoms with E-state index in [0.29, 0.717) is 4.99 Å². The van der Waals surface area contributed by atoms with Crippen molar-refractivity contribution in [3.8, 4) is 0 Å². The topological polar surface area (TPSA) is 38.0 Å².